The van der Waals surface area contributed by atoms with E-state index < -0.39 is 4.92 Å². The third-order valence-electron chi connectivity index (χ3n) is 4.56. The molecule has 1 amide bonds. The first-order valence-electron chi connectivity index (χ1n) is 9.18. The maximum absolute atomic E-state index is 12.2. The number of nitro groups is 1. The van der Waals surface area contributed by atoms with Gasteiger partial charge in [0.1, 0.15) is 11.5 Å². The monoisotopic (exact) mass is 385 g/mol. The Labute approximate surface area is 163 Å². The summed E-state index contributed by atoms with van der Waals surface area (Å²) >= 11 is 0. The number of hydrogen-bond donors (Lipinski definition) is 2. The second kappa shape index (κ2) is 9.07. The zero-order chi connectivity index (χ0) is 19.9. The summed E-state index contributed by atoms with van der Waals surface area (Å²) in [5.74, 6) is 0.720. The summed E-state index contributed by atoms with van der Waals surface area (Å²) in [6, 6.07) is 11.6. The van der Waals surface area contributed by atoms with Gasteiger partial charge in [0.25, 0.3) is 5.69 Å². The highest BCUT2D eigenvalue weighted by Crippen LogP contribution is 2.29. The van der Waals surface area contributed by atoms with Crippen molar-refractivity contribution in [3.63, 3.8) is 0 Å². The van der Waals surface area contributed by atoms with Crippen LogP contribution in [0.2, 0.25) is 0 Å². The molecule has 2 aromatic carbocycles. The molecule has 1 aliphatic carbocycles. The van der Waals surface area contributed by atoms with Crippen LogP contribution < -0.4 is 20.1 Å². The largest absolute Gasteiger partial charge is 0.494 e. The van der Waals surface area contributed by atoms with Crippen molar-refractivity contribution in [3.8, 4) is 11.5 Å². The molecular formula is C20H23N3O5. The van der Waals surface area contributed by atoms with E-state index in [1.165, 1.54) is 38.2 Å². The summed E-state index contributed by atoms with van der Waals surface area (Å²) in [5, 5.41) is 16.6. The van der Waals surface area contributed by atoms with Gasteiger partial charge in [0, 0.05) is 17.8 Å². The molecular weight excluding hydrogens is 362 g/mol. The third kappa shape index (κ3) is 5.12. The molecule has 1 aliphatic rings. The van der Waals surface area contributed by atoms with Gasteiger partial charge in [-0.1, -0.05) is 6.07 Å². The van der Waals surface area contributed by atoms with E-state index in [2.05, 4.69) is 10.6 Å². The Kier molecular flexibility index (Phi) is 6.31. The van der Waals surface area contributed by atoms with E-state index in [4.69, 9.17) is 9.47 Å². The number of carbonyl (C=O) groups excluding carboxylic acids is 1. The van der Waals surface area contributed by atoms with Crippen molar-refractivity contribution in [1.82, 2.24) is 0 Å². The smallest absolute Gasteiger partial charge is 0.273 e. The number of non-ortho nitro benzene ring substituents is 1. The molecule has 3 rings (SSSR count). The molecule has 0 heterocycles. The highest BCUT2D eigenvalue weighted by atomic mass is 16.6. The lowest BCUT2D eigenvalue weighted by Crippen LogP contribution is -2.22. The molecule has 28 heavy (non-hydrogen) atoms. The molecule has 0 atom stereocenters. The van der Waals surface area contributed by atoms with Crippen molar-refractivity contribution < 1.29 is 19.2 Å². The molecule has 2 aromatic rings. The van der Waals surface area contributed by atoms with Crippen LogP contribution in [0.5, 0.6) is 11.5 Å². The van der Waals surface area contributed by atoms with Gasteiger partial charge in [-0.15, -0.1) is 0 Å². The predicted octanol–water partition coefficient (Wildman–Crippen LogP) is 3.98. The second-order valence-corrected chi connectivity index (χ2v) is 6.60. The topological polar surface area (TPSA) is 103 Å². The summed E-state index contributed by atoms with van der Waals surface area (Å²) in [5.41, 5.74) is 1.05. The number of amides is 1. The van der Waals surface area contributed by atoms with E-state index in [1.54, 1.807) is 0 Å². The average Bonchev–Trinajstić information content (AvgIpc) is 3.20. The van der Waals surface area contributed by atoms with Crippen molar-refractivity contribution in [3.05, 3.63) is 52.6 Å². The number of nitrogens with one attached hydrogen (secondary N) is 2. The molecule has 1 saturated carbocycles. The Morgan fingerprint density at radius 3 is 2.71 bits per heavy atom. The van der Waals surface area contributed by atoms with Crippen molar-refractivity contribution >= 4 is 23.0 Å². The molecule has 0 aliphatic heterocycles. The number of benzene rings is 2. The van der Waals surface area contributed by atoms with Gasteiger partial charge in [0.05, 0.1) is 36.4 Å². The standard InChI is InChI=1S/C20H23N3O5/c1-27-19-12-15(23(25)26)9-10-18(19)22-20(24)13-21-14-5-4-8-17(11-14)28-16-6-2-3-7-16/h4-5,8-12,16,21H,2-3,6-7,13H2,1H3,(H,22,24). The summed E-state index contributed by atoms with van der Waals surface area (Å²) in [4.78, 5) is 22.6. The van der Waals surface area contributed by atoms with Crippen LogP contribution in [-0.2, 0) is 4.79 Å². The Balaban J connectivity index is 1.56. The zero-order valence-electron chi connectivity index (χ0n) is 15.6. The van der Waals surface area contributed by atoms with E-state index in [1.807, 2.05) is 24.3 Å². The number of methoxy groups -OCH3 is 1. The Hall–Kier alpha value is -3.29. The predicted molar refractivity (Wildman–Crippen MR) is 106 cm³/mol. The fourth-order valence-corrected chi connectivity index (χ4v) is 3.15. The third-order valence-corrected chi connectivity index (χ3v) is 4.56. The maximum Gasteiger partial charge on any atom is 0.273 e. The average molecular weight is 385 g/mol. The lowest BCUT2D eigenvalue weighted by atomic mass is 10.2. The van der Waals surface area contributed by atoms with E-state index >= 15 is 0 Å². The molecule has 0 unspecified atom stereocenters. The van der Waals surface area contributed by atoms with Gasteiger partial charge < -0.3 is 20.1 Å². The van der Waals surface area contributed by atoms with Gasteiger partial charge in [0.15, 0.2) is 0 Å². The summed E-state index contributed by atoms with van der Waals surface area (Å²) in [7, 11) is 1.39. The van der Waals surface area contributed by atoms with E-state index in [0.717, 1.165) is 24.3 Å². The van der Waals surface area contributed by atoms with Crippen molar-refractivity contribution in [2.24, 2.45) is 0 Å². The quantitative estimate of drug-likeness (QED) is 0.526. The minimum Gasteiger partial charge on any atom is -0.494 e. The number of nitro benzene ring substituents is 1. The van der Waals surface area contributed by atoms with Crippen LogP contribution in [0, 0.1) is 10.1 Å². The first-order chi connectivity index (χ1) is 13.5. The summed E-state index contributed by atoms with van der Waals surface area (Å²) in [6.45, 7) is 0.0347. The van der Waals surface area contributed by atoms with Gasteiger partial charge in [-0.05, 0) is 43.9 Å². The van der Waals surface area contributed by atoms with Crippen LogP contribution in [-0.4, -0.2) is 30.6 Å². The molecule has 2 N–H and O–H groups in total. The zero-order valence-corrected chi connectivity index (χ0v) is 15.6. The summed E-state index contributed by atoms with van der Waals surface area (Å²) < 4.78 is 11.1. The number of rotatable bonds is 8. The van der Waals surface area contributed by atoms with Gasteiger partial charge in [-0.3, -0.25) is 14.9 Å². The Bertz CT molecular complexity index is 849. The van der Waals surface area contributed by atoms with Crippen LogP contribution in [0.1, 0.15) is 25.7 Å². The maximum atomic E-state index is 12.2. The molecule has 0 bridgehead atoms. The molecule has 1 fully saturated rings. The van der Waals surface area contributed by atoms with Crippen molar-refractivity contribution in [1.29, 1.82) is 0 Å². The molecule has 0 radical (unpaired) electrons. The highest BCUT2D eigenvalue weighted by molar-refractivity contribution is 5.95. The van der Waals surface area contributed by atoms with Gasteiger partial charge >= 0.3 is 0 Å². The van der Waals surface area contributed by atoms with Gasteiger partial charge in [-0.2, -0.15) is 0 Å². The van der Waals surface area contributed by atoms with Crippen molar-refractivity contribution in [2.45, 2.75) is 31.8 Å². The number of anilines is 2. The Morgan fingerprint density at radius 1 is 1.21 bits per heavy atom. The van der Waals surface area contributed by atoms with Crippen LogP contribution in [0.4, 0.5) is 17.1 Å². The van der Waals surface area contributed by atoms with Gasteiger partial charge in [-0.25, -0.2) is 0 Å². The molecule has 0 saturated heterocycles. The molecule has 148 valence electrons. The first kappa shape index (κ1) is 19.5. The van der Waals surface area contributed by atoms with Gasteiger partial charge in [0.2, 0.25) is 5.91 Å². The number of ether oxygens (including phenoxy) is 2. The molecule has 8 heteroatoms. The van der Waals surface area contributed by atoms with Crippen LogP contribution >= 0.6 is 0 Å². The normalized spacial score (nSPS) is 13.8. The summed E-state index contributed by atoms with van der Waals surface area (Å²) in [6.07, 6.45) is 4.84. The minimum atomic E-state index is -0.518. The van der Waals surface area contributed by atoms with Crippen LogP contribution in [0.3, 0.4) is 0 Å². The molecule has 8 nitrogen and oxygen atoms in total. The Morgan fingerprint density at radius 2 is 2.00 bits per heavy atom. The fraction of sp³-hybridized carbons (Fsp3) is 0.350. The van der Waals surface area contributed by atoms with E-state index in [9.17, 15) is 14.9 Å². The lowest BCUT2D eigenvalue weighted by Gasteiger charge is -2.14. The first-order valence-corrected chi connectivity index (χ1v) is 9.18. The highest BCUT2D eigenvalue weighted by Gasteiger charge is 2.17. The van der Waals surface area contributed by atoms with E-state index in [0.29, 0.717) is 5.69 Å². The number of carbonyl (C=O) groups is 1. The SMILES string of the molecule is COc1cc([N+](=O)[O-])ccc1NC(=O)CNc1cccc(OC2CCCC2)c1. The number of nitrogens with zero attached hydrogens (tertiary/aromatic N) is 1. The second-order valence-electron chi connectivity index (χ2n) is 6.60. The number of hydrogen-bond acceptors (Lipinski definition) is 6. The van der Waals surface area contributed by atoms with Crippen molar-refractivity contribution in [2.75, 3.05) is 24.3 Å². The lowest BCUT2D eigenvalue weighted by molar-refractivity contribution is -0.384. The van der Waals surface area contributed by atoms with Crippen LogP contribution in [0.25, 0.3) is 0 Å². The van der Waals surface area contributed by atoms with Crippen LogP contribution in [0.15, 0.2) is 42.5 Å². The minimum absolute atomic E-state index is 0.0347. The fourth-order valence-electron chi connectivity index (χ4n) is 3.15. The molecule has 0 spiro atoms. The van der Waals surface area contributed by atoms with E-state index in [-0.39, 0.29) is 30.0 Å². The molecule has 0 aromatic heterocycles.